The molecule has 0 atom stereocenters. The average molecular weight is 719 g/mol. The Hall–Kier alpha value is -6.64. The van der Waals surface area contributed by atoms with Crippen LogP contribution in [0.5, 0.6) is 0 Å². The van der Waals surface area contributed by atoms with E-state index < -0.39 is 0 Å². The Bertz CT molecular complexity index is 2980. The van der Waals surface area contributed by atoms with Crippen LogP contribution in [-0.4, -0.2) is 4.57 Å². The first kappa shape index (κ1) is 32.8. The maximum Gasteiger partial charge on any atom is 0.0541 e. The number of fused-ring (bicyclic) bond motifs is 9. The second-order valence-corrected chi connectivity index (χ2v) is 16.5. The van der Waals surface area contributed by atoms with Crippen molar-refractivity contribution in [3.05, 3.63) is 204 Å². The van der Waals surface area contributed by atoms with Crippen LogP contribution >= 0.6 is 0 Å². The molecule has 0 spiro atoms. The fraction of sp³-hybridized carbons (Fsp3) is 0.111. The lowest BCUT2D eigenvalue weighted by Gasteiger charge is -2.32. The number of aromatic nitrogens is 1. The van der Waals surface area contributed by atoms with E-state index in [9.17, 15) is 0 Å². The van der Waals surface area contributed by atoms with Crippen LogP contribution in [0.3, 0.4) is 0 Å². The second kappa shape index (κ2) is 11.9. The van der Waals surface area contributed by atoms with E-state index in [-0.39, 0.29) is 10.8 Å². The molecular weight excluding hydrogens is 677 g/mol. The summed E-state index contributed by atoms with van der Waals surface area (Å²) in [6, 6.07) is 67.5. The number of rotatable bonds is 5. The Labute approximate surface area is 328 Å². The van der Waals surface area contributed by atoms with Crippen LogP contribution in [0.4, 0.5) is 17.1 Å². The molecule has 0 fully saturated rings. The molecule has 56 heavy (non-hydrogen) atoms. The van der Waals surface area contributed by atoms with Crippen LogP contribution in [0.15, 0.2) is 182 Å². The van der Waals surface area contributed by atoms with E-state index in [2.05, 4.69) is 219 Å². The highest BCUT2D eigenvalue weighted by molar-refractivity contribution is 6.09. The van der Waals surface area contributed by atoms with Gasteiger partial charge >= 0.3 is 0 Å². The minimum Gasteiger partial charge on any atom is -0.310 e. The summed E-state index contributed by atoms with van der Waals surface area (Å²) in [4.78, 5) is 2.49. The molecule has 0 amide bonds. The average Bonchev–Trinajstić information content (AvgIpc) is 3.79. The van der Waals surface area contributed by atoms with Gasteiger partial charge in [-0.2, -0.15) is 0 Å². The second-order valence-electron chi connectivity index (χ2n) is 16.5. The molecule has 0 aliphatic heterocycles. The van der Waals surface area contributed by atoms with Crippen molar-refractivity contribution in [2.24, 2.45) is 0 Å². The highest BCUT2D eigenvalue weighted by Crippen LogP contribution is 2.55. The van der Waals surface area contributed by atoms with Crippen molar-refractivity contribution in [2.75, 3.05) is 4.90 Å². The predicted molar refractivity (Wildman–Crippen MR) is 236 cm³/mol. The normalized spacial score (nSPS) is 14.4. The minimum atomic E-state index is -0.184. The summed E-state index contributed by atoms with van der Waals surface area (Å²) in [5.74, 6) is 0. The Morgan fingerprint density at radius 2 is 0.964 bits per heavy atom. The van der Waals surface area contributed by atoms with Gasteiger partial charge in [-0.1, -0.05) is 155 Å². The lowest BCUT2D eigenvalue weighted by molar-refractivity contribution is 0.660. The van der Waals surface area contributed by atoms with Crippen molar-refractivity contribution >= 4 is 38.9 Å². The van der Waals surface area contributed by atoms with Crippen LogP contribution in [-0.2, 0) is 10.8 Å². The summed E-state index contributed by atoms with van der Waals surface area (Å²) >= 11 is 0. The highest BCUT2D eigenvalue weighted by Gasteiger charge is 2.39. The zero-order valence-electron chi connectivity index (χ0n) is 32.2. The third-order valence-corrected chi connectivity index (χ3v) is 12.8. The quantitative estimate of drug-likeness (QED) is 0.172. The largest absolute Gasteiger partial charge is 0.310 e. The summed E-state index contributed by atoms with van der Waals surface area (Å²) in [5, 5.41) is 2.54. The summed E-state index contributed by atoms with van der Waals surface area (Å²) in [6.07, 6.45) is 0. The third kappa shape index (κ3) is 4.56. The smallest absolute Gasteiger partial charge is 0.0541 e. The van der Waals surface area contributed by atoms with Gasteiger partial charge in [-0.15, -0.1) is 0 Å². The van der Waals surface area contributed by atoms with Crippen LogP contribution in [0.1, 0.15) is 49.9 Å². The molecule has 0 N–H and O–H groups in total. The summed E-state index contributed by atoms with van der Waals surface area (Å²) in [7, 11) is 0. The van der Waals surface area contributed by atoms with Crippen LogP contribution in [0, 0.1) is 0 Å². The van der Waals surface area contributed by atoms with Gasteiger partial charge in [0.1, 0.15) is 0 Å². The minimum absolute atomic E-state index is 0.0606. The number of para-hydroxylation sites is 2. The third-order valence-electron chi connectivity index (χ3n) is 12.8. The number of anilines is 3. The first-order valence-corrected chi connectivity index (χ1v) is 19.8. The van der Waals surface area contributed by atoms with Gasteiger partial charge in [-0.05, 0) is 110 Å². The van der Waals surface area contributed by atoms with Gasteiger partial charge in [0.05, 0.1) is 16.7 Å². The zero-order valence-corrected chi connectivity index (χ0v) is 32.2. The van der Waals surface area contributed by atoms with Gasteiger partial charge in [-0.25, -0.2) is 0 Å². The van der Waals surface area contributed by atoms with Gasteiger partial charge in [0.15, 0.2) is 0 Å². The Kier molecular flexibility index (Phi) is 6.98. The Morgan fingerprint density at radius 3 is 1.70 bits per heavy atom. The van der Waals surface area contributed by atoms with Gasteiger partial charge in [-0.3, -0.25) is 0 Å². The molecule has 8 aromatic carbocycles. The van der Waals surface area contributed by atoms with E-state index in [1.807, 2.05) is 0 Å². The first-order valence-electron chi connectivity index (χ1n) is 19.8. The van der Waals surface area contributed by atoms with Crippen LogP contribution in [0.2, 0.25) is 0 Å². The van der Waals surface area contributed by atoms with Crippen molar-refractivity contribution in [2.45, 2.75) is 38.5 Å². The van der Waals surface area contributed by atoms with Gasteiger partial charge in [0, 0.05) is 38.7 Å². The summed E-state index contributed by atoms with van der Waals surface area (Å²) in [5.41, 5.74) is 20.1. The molecule has 0 radical (unpaired) electrons. The summed E-state index contributed by atoms with van der Waals surface area (Å²) < 4.78 is 2.40. The van der Waals surface area contributed by atoms with Crippen molar-refractivity contribution in [3.8, 4) is 39.1 Å². The number of hydrogen-bond donors (Lipinski definition) is 0. The van der Waals surface area contributed by atoms with E-state index in [0.29, 0.717) is 0 Å². The van der Waals surface area contributed by atoms with Gasteiger partial charge < -0.3 is 9.47 Å². The Morgan fingerprint density at radius 1 is 0.411 bits per heavy atom. The monoisotopic (exact) mass is 718 g/mol. The van der Waals surface area contributed by atoms with Crippen molar-refractivity contribution in [1.29, 1.82) is 0 Å². The molecule has 0 unspecified atom stereocenters. The SMILES string of the molecule is CC1(C)c2ccccc2-c2c(-c3cccc(N(c4ccc(-n5c6ccccc6c6ccccc65)cc4)c4cccc5c4C(C)(C)c4ccccc4-5)c3)cccc21. The number of nitrogens with zero attached hydrogens (tertiary/aromatic N) is 2. The van der Waals surface area contributed by atoms with Gasteiger partial charge in [0.25, 0.3) is 0 Å². The molecule has 0 bridgehead atoms. The Balaban J connectivity index is 1.12. The molecule has 2 aliphatic rings. The molecule has 2 nitrogen and oxygen atoms in total. The summed E-state index contributed by atoms with van der Waals surface area (Å²) in [6.45, 7) is 9.48. The molecule has 11 rings (SSSR count). The van der Waals surface area contributed by atoms with E-state index >= 15 is 0 Å². The predicted octanol–water partition coefficient (Wildman–Crippen LogP) is 14.5. The van der Waals surface area contributed by atoms with E-state index in [4.69, 9.17) is 0 Å². The lowest BCUT2D eigenvalue weighted by Crippen LogP contribution is -2.20. The molecule has 2 aliphatic carbocycles. The molecule has 0 saturated heterocycles. The van der Waals surface area contributed by atoms with Crippen LogP contribution in [0.25, 0.3) is 60.9 Å². The lowest BCUT2D eigenvalue weighted by atomic mass is 9.81. The number of hydrogen-bond acceptors (Lipinski definition) is 1. The number of benzene rings is 8. The molecule has 1 heterocycles. The first-order chi connectivity index (χ1) is 27.3. The van der Waals surface area contributed by atoms with Crippen molar-refractivity contribution in [3.63, 3.8) is 0 Å². The molecular formula is C54H42N2. The molecule has 1 aromatic heterocycles. The van der Waals surface area contributed by atoms with Crippen LogP contribution < -0.4 is 4.90 Å². The molecule has 0 saturated carbocycles. The fourth-order valence-corrected chi connectivity index (χ4v) is 10.2. The molecule has 2 heteroatoms. The molecule has 9 aromatic rings. The van der Waals surface area contributed by atoms with E-state index in [1.54, 1.807) is 0 Å². The van der Waals surface area contributed by atoms with E-state index in [1.165, 1.54) is 83.1 Å². The topological polar surface area (TPSA) is 8.17 Å². The molecule has 268 valence electrons. The fourth-order valence-electron chi connectivity index (χ4n) is 10.2. The standard InChI is InChI=1S/C54H42N2/c1-53(2)46-25-10-6-21-44(46)51-39(22-14-26-47(51)53)35-16-13-17-38(34-35)55(50-29-15-23-43-40-18-5-9-24-45(40)54(3,4)52(43)50)36-30-32-37(33-31-36)56-48-27-11-7-19-41(48)42-20-8-12-28-49(42)56/h5-34H,1-4H3. The van der Waals surface area contributed by atoms with E-state index in [0.717, 1.165) is 17.1 Å². The maximum atomic E-state index is 2.49. The van der Waals surface area contributed by atoms with Gasteiger partial charge in [0.2, 0.25) is 0 Å². The highest BCUT2D eigenvalue weighted by atomic mass is 15.1. The maximum absolute atomic E-state index is 2.49. The zero-order chi connectivity index (χ0) is 37.8. The van der Waals surface area contributed by atoms with Crippen molar-refractivity contribution < 1.29 is 0 Å². The van der Waals surface area contributed by atoms with Crippen molar-refractivity contribution in [1.82, 2.24) is 4.57 Å².